The predicted octanol–water partition coefficient (Wildman–Crippen LogP) is 6.81. The van der Waals surface area contributed by atoms with Gasteiger partial charge in [0.1, 0.15) is 17.5 Å². The molecule has 5 atom stereocenters. The van der Waals surface area contributed by atoms with E-state index in [0.717, 1.165) is 18.1 Å². The third-order valence-electron chi connectivity index (χ3n) is 8.20. The van der Waals surface area contributed by atoms with Crippen molar-refractivity contribution < 1.29 is 42.6 Å². The smallest absolute Gasteiger partial charge is 0.340 e. The molecule has 0 aromatic carbocycles. The lowest BCUT2D eigenvalue weighted by molar-refractivity contribution is -0.144. The third-order valence-corrected chi connectivity index (χ3v) is 15.4. The van der Waals surface area contributed by atoms with Gasteiger partial charge in [-0.25, -0.2) is 4.79 Å². The molecule has 0 saturated carbocycles. The summed E-state index contributed by atoms with van der Waals surface area (Å²) >= 11 is 0. The monoisotopic (exact) mass is 622 g/mol. The lowest BCUT2D eigenvalue weighted by Crippen LogP contribution is -2.45. The molecule has 11 heteroatoms. The van der Waals surface area contributed by atoms with Crippen LogP contribution in [0, 0.1) is 5.92 Å². The highest BCUT2D eigenvalue weighted by Crippen LogP contribution is 2.53. The molecule has 0 saturated heterocycles. The first-order valence-electron chi connectivity index (χ1n) is 15.3. The minimum Gasteiger partial charge on any atom is -0.459 e. The normalized spacial score (nSPS) is 17.6. The summed E-state index contributed by atoms with van der Waals surface area (Å²) in [4.78, 5) is 26.0. The van der Waals surface area contributed by atoms with Crippen LogP contribution in [0.2, 0.25) is 18.1 Å². The van der Waals surface area contributed by atoms with Crippen LogP contribution in [0.5, 0.6) is 0 Å². The van der Waals surface area contributed by atoms with E-state index in [9.17, 15) is 24.4 Å². The number of aliphatic hydroxyl groups excluding tert-OH is 1. The second kappa shape index (κ2) is 18.1. The summed E-state index contributed by atoms with van der Waals surface area (Å²) in [5.41, 5.74) is -3.01. The van der Waals surface area contributed by atoms with Crippen LogP contribution in [0.15, 0.2) is 12.2 Å². The number of rotatable bonds is 22. The molecule has 0 fully saturated rings. The van der Waals surface area contributed by atoms with Crippen molar-refractivity contribution in [2.24, 2.45) is 5.92 Å². The molecule has 2 unspecified atom stereocenters. The quantitative estimate of drug-likeness (QED) is 0.0579. The zero-order chi connectivity index (χ0) is 32.1. The van der Waals surface area contributed by atoms with Gasteiger partial charge in [-0.3, -0.25) is 9.36 Å². The molecule has 0 aromatic rings. The van der Waals surface area contributed by atoms with Crippen molar-refractivity contribution in [2.75, 3.05) is 13.2 Å². The molecule has 0 radical (unpaired) electrons. The maximum Gasteiger partial charge on any atom is 0.340 e. The molecule has 0 spiro atoms. The number of Topliss-reactive ketones (excluding diaryl/α,β-unsaturated/α-hetero) is 1. The molecule has 242 valence electrons. The topological polar surface area (TPSA) is 129 Å². The van der Waals surface area contributed by atoms with E-state index in [1.165, 1.54) is 6.08 Å². The Bertz CT molecular complexity index is 850. The zero-order valence-electron chi connectivity index (χ0n) is 27.5. The highest BCUT2D eigenvalue weighted by molar-refractivity contribution is 7.55. The molecular formula is C30H59O9PSi. The Labute approximate surface area is 250 Å². The van der Waals surface area contributed by atoms with E-state index in [1.54, 1.807) is 47.6 Å². The SMILES string of the molecule is CCOP(=O)(OCC)C(C)C(=O)CC[C@](C)(/C=C/C(=O)O[C@H](C)[C@@H](C)CCC(O)C(C)(C)O)O[Si](CC)(CC)CC. The maximum absolute atomic E-state index is 13.2. The second-order valence-electron chi connectivity index (χ2n) is 11.9. The molecule has 0 aliphatic heterocycles. The first-order valence-corrected chi connectivity index (χ1v) is 19.4. The number of hydrogen-bond acceptors (Lipinski definition) is 9. The summed E-state index contributed by atoms with van der Waals surface area (Å²) in [7, 11) is -5.72. The van der Waals surface area contributed by atoms with Gasteiger partial charge in [-0.1, -0.05) is 27.7 Å². The first-order chi connectivity index (χ1) is 18.9. The van der Waals surface area contributed by atoms with Crippen molar-refractivity contribution in [3.63, 3.8) is 0 Å². The summed E-state index contributed by atoms with van der Waals surface area (Å²) in [6.07, 6.45) is 3.13. The highest BCUT2D eigenvalue weighted by atomic mass is 31.2. The average Bonchev–Trinajstić information content (AvgIpc) is 2.91. The van der Waals surface area contributed by atoms with Crippen molar-refractivity contribution >= 4 is 27.7 Å². The fraction of sp³-hybridized carbons (Fsp3) is 0.867. The molecule has 0 amide bonds. The van der Waals surface area contributed by atoms with E-state index in [4.69, 9.17) is 18.2 Å². The second-order valence-corrected chi connectivity index (χ2v) is 18.9. The van der Waals surface area contributed by atoms with E-state index in [0.29, 0.717) is 19.3 Å². The minimum atomic E-state index is -3.59. The Morgan fingerprint density at radius 1 is 0.927 bits per heavy atom. The van der Waals surface area contributed by atoms with Gasteiger partial charge in [-0.2, -0.15) is 0 Å². The van der Waals surface area contributed by atoms with Crippen LogP contribution in [-0.4, -0.2) is 72.6 Å². The molecule has 0 aromatic heterocycles. The Hall–Kier alpha value is -0.873. The Balaban J connectivity index is 5.70. The minimum absolute atomic E-state index is 0.0298. The number of aliphatic hydroxyl groups is 2. The lowest BCUT2D eigenvalue weighted by atomic mass is 9.92. The van der Waals surface area contributed by atoms with E-state index < -0.39 is 51.0 Å². The van der Waals surface area contributed by atoms with Crippen molar-refractivity contribution in [1.82, 2.24) is 0 Å². The number of carbonyl (C=O) groups is 2. The first kappa shape index (κ1) is 40.1. The Kier molecular flexibility index (Phi) is 17.7. The number of hydrogen-bond donors (Lipinski definition) is 2. The molecule has 0 rings (SSSR count). The summed E-state index contributed by atoms with van der Waals surface area (Å²) in [5.74, 6) is -0.790. The van der Waals surface area contributed by atoms with E-state index in [2.05, 4.69) is 20.8 Å². The van der Waals surface area contributed by atoms with Crippen molar-refractivity contribution in [3.05, 3.63) is 12.2 Å². The van der Waals surface area contributed by atoms with Crippen LogP contribution in [0.4, 0.5) is 0 Å². The summed E-state index contributed by atoms with van der Waals surface area (Å²) in [6.45, 7) is 20.4. The maximum atomic E-state index is 13.2. The fourth-order valence-electron chi connectivity index (χ4n) is 4.60. The van der Waals surface area contributed by atoms with E-state index in [-0.39, 0.29) is 31.3 Å². The van der Waals surface area contributed by atoms with Gasteiger partial charge in [-0.05, 0) is 97.9 Å². The summed E-state index contributed by atoms with van der Waals surface area (Å²) in [6, 6.07) is 2.69. The fourth-order valence-corrected chi connectivity index (χ4v) is 9.41. The van der Waals surface area contributed by atoms with E-state index in [1.807, 2.05) is 13.8 Å². The predicted molar refractivity (Wildman–Crippen MR) is 167 cm³/mol. The molecule has 9 nitrogen and oxygen atoms in total. The van der Waals surface area contributed by atoms with Crippen molar-refractivity contribution in [1.29, 1.82) is 0 Å². The average molecular weight is 623 g/mol. The molecule has 0 aliphatic rings. The van der Waals surface area contributed by atoms with Crippen LogP contribution in [-0.2, 0) is 32.4 Å². The van der Waals surface area contributed by atoms with E-state index >= 15 is 0 Å². The van der Waals surface area contributed by atoms with Gasteiger partial charge in [0.2, 0.25) is 0 Å². The van der Waals surface area contributed by atoms with Gasteiger partial charge in [0.05, 0.1) is 30.5 Å². The van der Waals surface area contributed by atoms with Gasteiger partial charge in [0, 0.05) is 12.5 Å². The number of esters is 1. The summed E-state index contributed by atoms with van der Waals surface area (Å²) in [5, 5.41) is 20.1. The van der Waals surface area contributed by atoms with Crippen molar-refractivity contribution in [2.45, 2.75) is 149 Å². The van der Waals surface area contributed by atoms with Crippen LogP contribution >= 0.6 is 7.60 Å². The molecule has 0 aliphatic carbocycles. The third kappa shape index (κ3) is 13.5. The number of ether oxygens (including phenoxy) is 1. The molecule has 0 heterocycles. The highest BCUT2D eigenvalue weighted by Gasteiger charge is 2.40. The molecule has 0 bridgehead atoms. The Morgan fingerprint density at radius 3 is 1.88 bits per heavy atom. The molecular weight excluding hydrogens is 563 g/mol. The van der Waals surface area contributed by atoms with Crippen LogP contribution in [0.1, 0.15) is 102 Å². The van der Waals surface area contributed by atoms with Crippen LogP contribution in [0.3, 0.4) is 0 Å². The van der Waals surface area contributed by atoms with Crippen molar-refractivity contribution in [3.8, 4) is 0 Å². The largest absolute Gasteiger partial charge is 0.459 e. The number of ketones is 1. The van der Waals surface area contributed by atoms with Gasteiger partial charge >= 0.3 is 13.6 Å². The Morgan fingerprint density at radius 2 is 1.44 bits per heavy atom. The van der Waals surface area contributed by atoms with Gasteiger partial charge < -0.3 is 28.4 Å². The standard InChI is InChI=1S/C30H59O9PSi/c1-12-36-40(35,37-13-2)25(8)26(31)19-21-30(11,39-41(14-3,15-4)16-5)22-20-28(33)38-24(7)23(6)17-18-27(32)29(9,10)34/h20,22-25,27,32,34H,12-19,21H2,1-11H3/b22-20+/t23-,24+,25?,27?,30+/m0/s1. The van der Waals surface area contributed by atoms with Gasteiger partial charge in [-0.15, -0.1) is 0 Å². The molecule has 2 N–H and O–H groups in total. The number of carbonyl (C=O) groups excluding carboxylic acids is 2. The van der Waals surface area contributed by atoms with Crippen LogP contribution < -0.4 is 0 Å². The van der Waals surface area contributed by atoms with Gasteiger partial charge in [0.25, 0.3) is 0 Å². The lowest BCUT2D eigenvalue weighted by Gasteiger charge is -2.39. The zero-order valence-corrected chi connectivity index (χ0v) is 29.4. The van der Waals surface area contributed by atoms with Gasteiger partial charge in [0.15, 0.2) is 8.32 Å². The van der Waals surface area contributed by atoms with Crippen LogP contribution in [0.25, 0.3) is 0 Å². The summed E-state index contributed by atoms with van der Waals surface area (Å²) < 4.78 is 36.4. The molecule has 41 heavy (non-hydrogen) atoms.